The topological polar surface area (TPSA) is 57.7 Å². The fourth-order valence-electron chi connectivity index (χ4n) is 2.36. The van der Waals surface area contributed by atoms with Crippen molar-refractivity contribution >= 4 is 17.3 Å². The van der Waals surface area contributed by atoms with E-state index in [9.17, 15) is 9.18 Å². The Bertz CT molecular complexity index is 725. The summed E-state index contributed by atoms with van der Waals surface area (Å²) in [6.45, 7) is 3.00. The molecule has 1 aromatic heterocycles. The molecule has 23 heavy (non-hydrogen) atoms. The lowest BCUT2D eigenvalue weighted by Gasteiger charge is -2.14. The zero-order valence-corrected chi connectivity index (χ0v) is 13.6. The van der Waals surface area contributed by atoms with Gasteiger partial charge in [0.05, 0.1) is 31.5 Å². The summed E-state index contributed by atoms with van der Waals surface area (Å²) in [6.07, 6.45) is 2.32. The third kappa shape index (κ3) is 3.35. The summed E-state index contributed by atoms with van der Waals surface area (Å²) in [4.78, 5) is 17.0. The molecule has 1 aliphatic heterocycles. The number of esters is 1. The molecule has 1 unspecified atom stereocenters. The first-order chi connectivity index (χ1) is 11.1. The van der Waals surface area contributed by atoms with Gasteiger partial charge in [-0.15, -0.1) is 11.3 Å². The smallest absolute Gasteiger partial charge is 0.341 e. The van der Waals surface area contributed by atoms with Gasteiger partial charge in [-0.25, -0.2) is 14.2 Å². The Kier molecular flexibility index (Phi) is 4.58. The molecule has 1 saturated heterocycles. The molecule has 7 heteroatoms. The Hall–Kier alpha value is -1.99. The number of aryl methyl sites for hydroxylation is 1. The van der Waals surface area contributed by atoms with Crippen LogP contribution in [0.3, 0.4) is 0 Å². The molecule has 0 bridgehead atoms. The predicted octanol–water partition coefficient (Wildman–Crippen LogP) is 3.21. The van der Waals surface area contributed by atoms with E-state index in [0.717, 1.165) is 11.3 Å². The van der Waals surface area contributed by atoms with E-state index in [1.54, 1.807) is 12.3 Å². The number of nitrogens with zero attached hydrogens (tertiary/aromatic N) is 1. The van der Waals surface area contributed by atoms with E-state index in [4.69, 9.17) is 9.47 Å². The largest absolute Gasteiger partial charge is 0.488 e. The van der Waals surface area contributed by atoms with E-state index in [0.29, 0.717) is 24.0 Å². The van der Waals surface area contributed by atoms with Gasteiger partial charge in [-0.05, 0) is 19.1 Å². The minimum atomic E-state index is -0.745. The average Bonchev–Trinajstić information content (AvgIpc) is 3.19. The van der Waals surface area contributed by atoms with Crippen LogP contribution in [0.2, 0.25) is 0 Å². The van der Waals surface area contributed by atoms with Gasteiger partial charge in [0.1, 0.15) is 22.7 Å². The van der Waals surface area contributed by atoms with E-state index in [1.807, 2.05) is 6.92 Å². The predicted molar refractivity (Wildman–Crippen MR) is 83.4 cm³/mol. The summed E-state index contributed by atoms with van der Waals surface area (Å²) >= 11 is 1.35. The molecule has 122 valence electrons. The number of aromatic nitrogens is 1. The van der Waals surface area contributed by atoms with Gasteiger partial charge in [0.15, 0.2) is 0 Å². The van der Waals surface area contributed by atoms with Gasteiger partial charge in [-0.3, -0.25) is 0 Å². The van der Waals surface area contributed by atoms with Crippen molar-refractivity contribution in [2.45, 2.75) is 19.4 Å². The zero-order chi connectivity index (χ0) is 16.4. The number of hydrogen-bond acceptors (Lipinski definition) is 6. The van der Waals surface area contributed by atoms with E-state index in [-0.39, 0.29) is 17.2 Å². The molecule has 0 saturated carbocycles. The summed E-state index contributed by atoms with van der Waals surface area (Å²) in [5.74, 6) is -0.989. The van der Waals surface area contributed by atoms with Crippen LogP contribution >= 0.6 is 11.3 Å². The van der Waals surface area contributed by atoms with E-state index >= 15 is 0 Å². The fourth-order valence-corrected chi connectivity index (χ4v) is 3.13. The van der Waals surface area contributed by atoms with Crippen LogP contribution in [-0.4, -0.2) is 37.4 Å². The highest BCUT2D eigenvalue weighted by Crippen LogP contribution is 2.33. The van der Waals surface area contributed by atoms with Crippen molar-refractivity contribution in [1.82, 2.24) is 4.98 Å². The minimum Gasteiger partial charge on any atom is -0.488 e. The Morgan fingerprint density at radius 2 is 2.30 bits per heavy atom. The Morgan fingerprint density at radius 1 is 1.48 bits per heavy atom. The summed E-state index contributed by atoms with van der Waals surface area (Å²) in [5.41, 5.74) is 0.0756. The Morgan fingerprint density at radius 3 is 2.91 bits per heavy atom. The van der Waals surface area contributed by atoms with Crippen molar-refractivity contribution in [3.63, 3.8) is 0 Å². The maximum atomic E-state index is 14.7. The van der Waals surface area contributed by atoms with Crippen molar-refractivity contribution in [3.8, 4) is 16.3 Å². The van der Waals surface area contributed by atoms with Crippen molar-refractivity contribution in [2.75, 3.05) is 20.3 Å². The molecule has 1 fully saturated rings. The quantitative estimate of drug-likeness (QED) is 0.802. The van der Waals surface area contributed by atoms with Crippen molar-refractivity contribution in [2.24, 2.45) is 0 Å². The molecular weight excluding hydrogens is 321 g/mol. The monoisotopic (exact) mass is 337 g/mol. The van der Waals surface area contributed by atoms with Crippen molar-refractivity contribution < 1.29 is 23.4 Å². The Labute approximate surface area is 137 Å². The number of halogens is 1. The standard InChI is InChI=1S/C16H16FNO4S/c1-9-7-18-15(23-9)12-5-11(22-10-3-4-21-8-10)6-13(14(12)17)16(19)20-2/h5-7,10H,3-4,8H2,1-2H3. The molecule has 3 rings (SSSR count). The van der Waals surface area contributed by atoms with Gasteiger partial charge in [0.25, 0.3) is 0 Å². The maximum absolute atomic E-state index is 14.7. The van der Waals surface area contributed by atoms with Crippen LogP contribution in [0, 0.1) is 12.7 Å². The summed E-state index contributed by atoms with van der Waals surface area (Å²) in [6, 6.07) is 2.93. The zero-order valence-electron chi connectivity index (χ0n) is 12.8. The van der Waals surface area contributed by atoms with Crippen LogP contribution in [-0.2, 0) is 9.47 Å². The van der Waals surface area contributed by atoms with E-state index < -0.39 is 11.8 Å². The lowest BCUT2D eigenvalue weighted by atomic mass is 10.1. The highest BCUT2D eigenvalue weighted by atomic mass is 32.1. The molecule has 2 aromatic rings. The first kappa shape index (κ1) is 15.9. The van der Waals surface area contributed by atoms with Gasteiger partial charge < -0.3 is 14.2 Å². The normalized spacial score (nSPS) is 17.3. The molecule has 1 atom stereocenters. The Balaban J connectivity index is 2.03. The number of hydrogen-bond donors (Lipinski definition) is 0. The first-order valence-electron chi connectivity index (χ1n) is 7.17. The molecule has 1 aromatic carbocycles. The van der Waals surface area contributed by atoms with E-state index in [1.165, 1.54) is 24.5 Å². The van der Waals surface area contributed by atoms with Gasteiger partial charge in [0, 0.05) is 17.5 Å². The number of rotatable bonds is 4. The number of methoxy groups -OCH3 is 1. The van der Waals surface area contributed by atoms with Crippen LogP contribution in [0.25, 0.3) is 10.6 Å². The molecule has 1 aliphatic rings. The van der Waals surface area contributed by atoms with Crippen molar-refractivity contribution in [1.29, 1.82) is 0 Å². The van der Waals surface area contributed by atoms with Crippen LogP contribution < -0.4 is 4.74 Å². The fraction of sp³-hybridized carbons (Fsp3) is 0.375. The SMILES string of the molecule is COC(=O)c1cc(OC2CCOC2)cc(-c2ncc(C)s2)c1F. The second kappa shape index (κ2) is 6.64. The second-order valence-electron chi connectivity index (χ2n) is 5.20. The van der Waals surface area contributed by atoms with Crippen molar-refractivity contribution in [3.05, 3.63) is 34.6 Å². The number of thiazole rings is 1. The summed E-state index contributed by atoms with van der Waals surface area (Å²) < 4.78 is 30.4. The molecule has 0 spiro atoms. The molecule has 2 heterocycles. The highest BCUT2D eigenvalue weighted by Gasteiger charge is 2.23. The van der Waals surface area contributed by atoms with E-state index in [2.05, 4.69) is 9.72 Å². The lowest BCUT2D eigenvalue weighted by Crippen LogP contribution is -2.16. The van der Waals surface area contributed by atoms with Crippen LogP contribution in [0.5, 0.6) is 5.75 Å². The number of ether oxygens (including phenoxy) is 3. The maximum Gasteiger partial charge on any atom is 0.341 e. The van der Waals surface area contributed by atoms with Crippen LogP contribution in [0.1, 0.15) is 21.7 Å². The first-order valence-corrected chi connectivity index (χ1v) is 7.99. The molecule has 0 N–H and O–H groups in total. The van der Waals surface area contributed by atoms with Gasteiger partial charge in [-0.2, -0.15) is 0 Å². The molecular formula is C16H16FNO4S. The van der Waals surface area contributed by atoms with Gasteiger partial charge in [0.2, 0.25) is 0 Å². The molecule has 0 aliphatic carbocycles. The summed E-state index contributed by atoms with van der Waals surface area (Å²) in [7, 11) is 1.22. The second-order valence-corrected chi connectivity index (χ2v) is 6.44. The van der Waals surface area contributed by atoms with Gasteiger partial charge in [-0.1, -0.05) is 0 Å². The van der Waals surface area contributed by atoms with Crippen LogP contribution in [0.15, 0.2) is 18.3 Å². The van der Waals surface area contributed by atoms with Gasteiger partial charge >= 0.3 is 5.97 Å². The average molecular weight is 337 g/mol. The molecule has 0 radical (unpaired) electrons. The molecule has 5 nitrogen and oxygen atoms in total. The number of benzene rings is 1. The third-order valence-corrected chi connectivity index (χ3v) is 4.44. The number of carbonyl (C=O) groups is 1. The molecule has 0 amide bonds. The third-order valence-electron chi connectivity index (χ3n) is 3.49. The summed E-state index contributed by atoms with van der Waals surface area (Å²) in [5, 5.41) is 0.498. The van der Waals surface area contributed by atoms with Crippen LogP contribution in [0.4, 0.5) is 4.39 Å². The lowest BCUT2D eigenvalue weighted by molar-refractivity contribution is 0.0594. The minimum absolute atomic E-state index is 0.100. The highest BCUT2D eigenvalue weighted by molar-refractivity contribution is 7.14. The number of carbonyl (C=O) groups excluding carboxylic acids is 1.